The van der Waals surface area contributed by atoms with Crippen LogP contribution >= 0.6 is 15.9 Å². The molecule has 0 spiro atoms. The summed E-state index contributed by atoms with van der Waals surface area (Å²) in [7, 11) is 2.03. The molecule has 2 heterocycles. The lowest BCUT2D eigenvalue weighted by Gasteiger charge is -2.22. The lowest BCUT2D eigenvalue weighted by atomic mass is 10.1. The number of fused-ring (bicyclic) bond motifs is 1. The molecule has 1 saturated heterocycles. The summed E-state index contributed by atoms with van der Waals surface area (Å²) in [5.74, 6) is 1.84. The third-order valence-electron chi connectivity index (χ3n) is 4.27. The molecule has 0 aliphatic carbocycles. The van der Waals surface area contributed by atoms with E-state index in [1.54, 1.807) is 0 Å². The Hall–Kier alpha value is -0.840. The topological polar surface area (TPSA) is 28.4 Å². The van der Waals surface area contributed by atoms with E-state index >= 15 is 0 Å². The predicted octanol–water partition coefficient (Wildman–Crippen LogP) is 3.80. The van der Waals surface area contributed by atoms with Gasteiger partial charge in [-0.05, 0) is 63.7 Å². The largest absolute Gasteiger partial charge is 0.459 e. The van der Waals surface area contributed by atoms with Crippen LogP contribution < -0.4 is 5.32 Å². The minimum absolute atomic E-state index is 0.350. The van der Waals surface area contributed by atoms with Crippen LogP contribution in [0.1, 0.15) is 25.1 Å². The van der Waals surface area contributed by atoms with Crippen molar-refractivity contribution in [1.82, 2.24) is 10.2 Å². The highest BCUT2D eigenvalue weighted by Gasteiger charge is 2.27. The highest BCUT2D eigenvalue weighted by atomic mass is 79.9. The summed E-state index contributed by atoms with van der Waals surface area (Å²) in [4.78, 5) is 2.52. The van der Waals surface area contributed by atoms with E-state index in [-0.39, 0.29) is 0 Å². The lowest BCUT2D eigenvalue weighted by Crippen LogP contribution is -2.26. The Kier molecular flexibility index (Phi) is 4.15. The van der Waals surface area contributed by atoms with E-state index in [0.29, 0.717) is 6.04 Å². The van der Waals surface area contributed by atoms with Crippen molar-refractivity contribution in [3.05, 3.63) is 34.5 Å². The summed E-state index contributed by atoms with van der Waals surface area (Å²) in [6.07, 6.45) is 1.27. The molecule has 3 nitrogen and oxygen atoms in total. The molecule has 1 fully saturated rings. The third kappa shape index (κ3) is 2.78. The molecule has 20 heavy (non-hydrogen) atoms. The second kappa shape index (κ2) is 5.88. The standard InChI is InChI=1S/C16H21BrN2O/c1-11(19-6-5-12(10-19)9-18-2)16-8-13-7-14(17)3-4-15(13)20-16/h3-4,7-8,11-12,18H,5-6,9-10H2,1-2H3. The zero-order valence-electron chi connectivity index (χ0n) is 12.0. The van der Waals surface area contributed by atoms with E-state index < -0.39 is 0 Å². The molecule has 1 aromatic heterocycles. The van der Waals surface area contributed by atoms with Gasteiger partial charge in [0.25, 0.3) is 0 Å². The number of hydrogen-bond donors (Lipinski definition) is 1. The van der Waals surface area contributed by atoms with E-state index in [4.69, 9.17) is 4.42 Å². The average molecular weight is 337 g/mol. The Morgan fingerprint density at radius 3 is 3.10 bits per heavy atom. The molecule has 3 rings (SSSR count). The molecule has 0 bridgehead atoms. The first kappa shape index (κ1) is 14.1. The van der Waals surface area contributed by atoms with Crippen LogP contribution in [0.15, 0.2) is 33.2 Å². The first-order valence-electron chi connectivity index (χ1n) is 7.25. The fraction of sp³-hybridized carbons (Fsp3) is 0.500. The number of furan rings is 1. The van der Waals surface area contributed by atoms with Gasteiger partial charge in [0, 0.05) is 16.4 Å². The number of nitrogens with one attached hydrogen (secondary N) is 1. The van der Waals surface area contributed by atoms with Gasteiger partial charge in [-0.1, -0.05) is 15.9 Å². The number of benzene rings is 1. The van der Waals surface area contributed by atoms with Crippen LogP contribution in [0, 0.1) is 5.92 Å². The second-order valence-electron chi connectivity index (χ2n) is 5.71. The maximum atomic E-state index is 6.01. The highest BCUT2D eigenvalue weighted by Crippen LogP contribution is 2.31. The van der Waals surface area contributed by atoms with E-state index in [1.165, 1.54) is 11.8 Å². The molecule has 1 aliphatic rings. The third-order valence-corrected chi connectivity index (χ3v) is 4.76. The van der Waals surface area contributed by atoms with E-state index in [0.717, 1.165) is 41.4 Å². The van der Waals surface area contributed by atoms with Crippen molar-refractivity contribution >= 4 is 26.9 Å². The molecule has 0 saturated carbocycles. The van der Waals surface area contributed by atoms with Crippen LogP contribution in [-0.4, -0.2) is 31.6 Å². The van der Waals surface area contributed by atoms with Gasteiger partial charge in [0.05, 0.1) is 6.04 Å². The molecule has 4 heteroatoms. The maximum absolute atomic E-state index is 6.01. The normalized spacial score (nSPS) is 21.6. The van der Waals surface area contributed by atoms with Gasteiger partial charge < -0.3 is 9.73 Å². The van der Waals surface area contributed by atoms with Gasteiger partial charge in [0.1, 0.15) is 11.3 Å². The highest BCUT2D eigenvalue weighted by molar-refractivity contribution is 9.10. The fourth-order valence-corrected chi connectivity index (χ4v) is 3.47. The molecule has 1 aliphatic heterocycles. The van der Waals surface area contributed by atoms with E-state index in [2.05, 4.69) is 45.2 Å². The molecule has 0 radical (unpaired) electrons. The van der Waals surface area contributed by atoms with E-state index in [9.17, 15) is 0 Å². The van der Waals surface area contributed by atoms with Crippen molar-refractivity contribution in [3.8, 4) is 0 Å². The number of likely N-dealkylation sites (tertiary alicyclic amines) is 1. The summed E-state index contributed by atoms with van der Waals surface area (Å²) in [5, 5.41) is 4.45. The minimum Gasteiger partial charge on any atom is -0.459 e. The van der Waals surface area contributed by atoms with Gasteiger partial charge in [0.15, 0.2) is 0 Å². The summed E-state index contributed by atoms with van der Waals surface area (Å²) in [6, 6.07) is 8.70. The van der Waals surface area contributed by atoms with Crippen molar-refractivity contribution in [2.75, 3.05) is 26.7 Å². The Morgan fingerprint density at radius 1 is 1.45 bits per heavy atom. The van der Waals surface area contributed by atoms with Gasteiger partial charge >= 0.3 is 0 Å². The van der Waals surface area contributed by atoms with Crippen LogP contribution in [0.4, 0.5) is 0 Å². The monoisotopic (exact) mass is 336 g/mol. The number of hydrogen-bond acceptors (Lipinski definition) is 3. The molecule has 2 aromatic rings. The lowest BCUT2D eigenvalue weighted by molar-refractivity contribution is 0.226. The van der Waals surface area contributed by atoms with Gasteiger partial charge in [-0.25, -0.2) is 0 Å². The van der Waals surface area contributed by atoms with Crippen molar-refractivity contribution in [2.45, 2.75) is 19.4 Å². The number of rotatable bonds is 4. The smallest absolute Gasteiger partial charge is 0.134 e. The van der Waals surface area contributed by atoms with Crippen molar-refractivity contribution < 1.29 is 4.42 Å². The minimum atomic E-state index is 0.350. The van der Waals surface area contributed by atoms with Crippen LogP contribution in [-0.2, 0) is 0 Å². The number of nitrogens with zero attached hydrogens (tertiary/aromatic N) is 1. The Balaban J connectivity index is 1.77. The maximum Gasteiger partial charge on any atom is 0.134 e. The SMILES string of the molecule is CNCC1CCN(C(C)c2cc3cc(Br)ccc3o2)C1. The van der Waals surface area contributed by atoms with Crippen LogP contribution in [0.2, 0.25) is 0 Å². The molecule has 108 valence electrons. The van der Waals surface area contributed by atoms with Crippen molar-refractivity contribution in [3.63, 3.8) is 0 Å². The zero-order chi connectivity index (χ0) is 14.1. The first-order valence-corrected chi connectivity index (χ1v) is 8.04. The Morgan fingerprint density at radius 2 is 2.30 bits per heavy atom. The first-order chi connectivity index (χ1) is 9.67. The summed E-state index contributed by atoms with van der Waals surface area (Å²) in [5.41, 5.74) is 0.973. The van der Waals surface area contributed by atoms with Gasteiger partial charge in [-0.3, -0.25) is 4.90 Å². The van der Waals surface area contributed by atoms with Gasteiger partial charge in [-0.2, -0.15) is 0 Å². The van der Waals surface area contributed by atoms with Gasteiger partial charge in [0.2, 0.25) is 0 Å². The Bertz CT molecular complexity index is 595. The van der Waals surface area contributed by atoms with Gasteiger partial charge in [-0.15, -0.1) is 0 Å². The quantitative estimate of drug-likeness (QED) is 0.920. The summed E-state index contributed by atoms with van der Waals surface area (Å²) in [6.45, 7) is 5.67. The Labute approximate surface area is 128 Å². The molecule has 0 amide bonds. The number of halogens is 1. The fourth-order valence-electron chi connectivity index (χ4n) is 3.09. The molecular weight excluding hydrogens is 316 g/mol. The summed E-state index contributed by atoms with van der Waals surface area (Å²) < 4.78 is 7.11. The molecule has 2 atom stereocenters. The molecule has 2 unspecified atom stereocenters. The zero-order valence-corrected chi connectivity index (χ0v) is 13.6. The van der Waals surface area contributed by atoms with Crippen LogP contribution in [0.3, 0.4) is 0 Å². The predicted molar refractivity (Wildman–Crippen MR) is 85.9 cm³/mol. The summed E-state index contributed by atoms with van der Waals surface area (Å²) >= 11 is 3.51. The average Bonchev–Trinajstić information content (AvgIpc) is 3.04. The molecule has 1 aromatic carbocycles. The second-order valence-corrected chi connectivity index (χ2v) is 6.63. The molecular formula is C16H21BrN2O. The van der Waals surface area contributed by atoms with Crippen LogP contribution in [0.5, 0.6) is 0 Å². The van der Waals surface area contributed by atoms with Crippen molar-refractivity contribution in [1.29, 1.82) is 0 Å². The van der Waals surface area contributed by atoms with Crippen molar-refractivity contribution in [2.24, 2.45) is 5.92 Å². The molecule has 1 N–H and O–H groups in total. The van der Waals surface area contributed by atoms with Crippen LogP contribution in [0.25, 0.3) is 11.0 Å². The van der Waals surface area contributed by atoms with E-state index in [1.807, 2.05) is 19.2 Å².